The van der Waals surface area contributed by atoms with Gasteiger partial charge in [0.1, 0.15) is 0 Å². The topological polar surface area (TPSA) is 37.0 Å². The summed E-state index contributed by atoms with van der Waals surface area (Å²) in [6.45, 7) is 7.13. The van der Waals surface area contributed by atoms with Crippen LogP contribution in [0.4, 0.5) is 8.78 Å². The van der Waals surface area contributed by atoms with Crippen LogP contribution in [0.2, 0.25) is 0 Å². The van der Waals surface area contributed by atoms with Crippen LogP contribution < -0.4 is 10.6 Å². The van der Waals surface area contributed by atoms with Gasteiger partial charge in [0.25, 0.3) is 5.92 Å². The maximum atomic E-state index is 13.5. The number of aromatic nitrogens is 1. The van der Waals surface area contributed by atoms with Gasteiger partial charge in [-0.25, -0.2) is 8.78 Å². The summed E-state index contributed by atoms with van der Waals surface area (Å²) >= 11 is 0. The number of rotatable bonds is 10. The first-order valence-electron chi connectivity index (χ1n) is 10.5. The fourth-order valence-corrected chi connectivity index (χ4v) is 3.57. The number of alkyl halides is 2. The van der Waals surface area contributed by atoms with Crippen LogP contribution in [0.5, 0.6) is 0 Å². The van der Waals surface area contributed by atoms with Crippen molar-refractivity contribution in [2.45, 2.75) is 70.9 Å². The highest BCUT2D eigenvalue weighted by Crippen LogP contribution is 2.30. The Balaban J connectivity index is 1.49. The first-order chi connectivity index (χ1) is 13.9. The van der Waals surface area contributed by atoms with Crippen molar-refractivity contribution in [2.24, 2.45) is 0 Å². The summed E-state index contributed by atoms with van der Waals surface area (Å²) in [5.41, 5.74) is 3.88. The molecule has 2 heterocycles. The van der Waals surface area contributed by atoms with E-state index in [1.54, 1.807) is 12.3 Å². The van der Waals surface area contributed by atoms with Crippen molar-refractivity contribution in [1.82, 2.24) is 15.6 Å². The molecule has 1 aliphatic heterocycles. The van der Waals surface area contributed by atoms with E-state index in [1.807, 2.05) is 12.3 Å². The first kappa shape index (κ1) is 21.3. The highest BCUT2D eigenvalue weighted by atomic mass is 19.3. The third-order valence-corrected chi connectivity index (χ3v) is 5.53. The molecule has 1 atom stereocenters. The Morgan fingerprint density at radius 3 is 2.72 bits per heavy atom. The summed E-state index contributed by atoms with van der Waals surface area (Å²) < 4.78 is 27.0. The van der Waals surface area contributed by atoms with Gasteiger partial charge in [-0.2, -0.15) is 0 Å². The summed E-state index contributed by atoms with van der Waals surface area (Å²) in [4.78, 5) is 4.39. The van der Waals surface area contributed by atoms with E-state index >= 15 is 0 Å². The first-order valence-corrected chi connectivity index (χ1v) is 10.5. The van der Waals surface area contributed by atoms with Gasteiger partial charge >= 0.3 is 0 Å². The minimum atomic E-state index is -2.86. The van der Waals surface area contributed by atoms with Crippen molar-refractivity contribution < 1.29 is 8.78 Å². The predicted octanol–water partition coefficient (Wildman–Crippen LogP) is 6.47. The Bertz CT molecular complexity index is 883. The van der Waals surface area contributed by atoms with Crippen molar-refractivity contribution >= 4 is 16.6 Å². The minimum Gasteiger partial charge on any atom is -0.370 e. The lowest BCUT2D eigenvalue weighted by atomic mass is 10.0. The molecule has 5 heteroatoms. The second kappa shape index (κ2) is 9.38. The zero-order valence-electron chi connectivity index (χ0n) is 17.4. The molecule has 0 fully saturated rings. The third kappa shape index (κ3) is 5.78. The summed E-state index contributed by atoms with van der Waals surface area (Å²) in [7, 11) is 0. The molecule has 3 rings (SSSR count). The Labute approximate surface area is 172 Å². The highest BCUT2D eigenvalue weighted by molar-refractivity contribution is 5.83. The molecular formula is C24H31F2N3. The van der Waals surface area contributed by atoms with Gasteiger partial charge in [0.05, 0.1) is 17.4 Å². The average molecular weight is 400 g/mol. The molecule has 1 aromatic heterocycles. The fourth-order valence-electron chi connectivity index (χ4n) is 3.57. The number of unbranched alkanes of at least 4 members (excludes halogenated alkanes) is 3. The SMILES string of the molecule is C=C(CC)CCCCCCC1NC=C(c2cnc3cc(C(C)(F)F)ccc3c2)N1. The summed E-state index contributed by atoms with van der Waals surface area (Å²) in [5.74, 6) is -2.86. The van der Waals surface area contributed by atoms with E-state index in [9.17, 15) is 8.78 Å². The van der Waals surface area contributed by atoms with Crippen molar-refractivity contribution in [1.29, 1.82) is 0 Å². The van der Waals surface area contributed by atoms with E-state index in [-0.39, 0.29) is 11.7 Å². The molecule has 1 aromatic carbocycles. The lowest BCUT2D eigenvalue weighted by Crippen LogP contribution is -2.31. The Morgan fingerprint density at radius 1 is 1.17 bits per heavy atom. The van der Waals surface area contributed by atoms with Gasteiger partial charge in [-0.05, 0) is 44.2 Å². The number of halogens is 2. The quantitative estimate of drug-likeness (QED) is 0.355. The molecule has 0 aliphatic carbocycles. The van der Waals surface area contributed by atoms with Crippen molar-refractivity contribution in [3.8, 4) is 0 Å². The number of hydrogen-bond acceptors (Lipinski definition) is 3. The van der Waals surface area contributed by atoms with E-state index in [1.165, 1.54) is 43.4 Å². The second-order valence-electron chi connectivity index (χ2n) is 8.00. The molecule has 0 saturated heterocycles. The van der Waals surface area contributed by atoms with Crippen LogP contribution in [0, 0.1) is 0 Å². The monoisotopic (exact) mass is 399 g/mol. The molecule has 1 aliphatic rings. The number of nitrogens with zero attached hydrogens (tertiary/aromatic N) is 1. The van der Waals surface area contributed by atoms with Crippen molar-refractivity contribution in [3.05, 3.63) is 59.9 Å². The number of nitrogens with one attached hydrogen (secondary N) is 2. The fraction of sp³-hybridized carbons (Fsp3) is 0.458. The number of hydrogen-bond donors (Lipinski definition) is 2. The van der Waals surface area contributed by atoms with Gasteiger partial charge in [-0.15, -0.1) is 0 Å². The Kier molecular flexibility index (Phi) is 6.88. The second-order valence-corrected chi connectivity index (χ2v) is 8.00. The van der Waals surface area contributed by atoms with Gasteiger partial charge in [-0.3, -0.25) is 4.98 Å². The number of benzene rings is 1. The lowest BCUT2D eigenvalue weighted by Gasteiger charge is -2.14. The Morgan fingerprint density at radius 2 is 1.97 bits per heavy atom. The van der Waals surface area contributed by atoms with Gasteiger partial charge in [0.15, 0.2) is 0 Å². The van der Waals surface area contributed by atoms with E-state index in [0.717, 1.165) is 42.8 Å². The number of pyridine rings is 1. The smallest absolute Gasteiger partial charge is 0.270 e. The van der Waals surface area contributed by atoms with E-state index in [2.05, 4.69) is 29.1 Å². The third-order valence-electron chi connectivity index (χ3n) is 5.53. The summed E-state index contributed by atoms with van der Waals surface area (Å²) in [5, 5.41) is 7.74. The van der Waals surface area contributed by atoms with Crippen LogP contribution >= 0.6 is 0 Å². The van der Waals surface area contributed by atoms with Crippen LogP contribution in [-0.4, -0.2) is 11.1 Å². The maximum absolute atomic E-state index is 13.5. The Hall–Kier alpha value is -2.43. The molecule has 0 amide bonds. The van der Waals surface area contributed by atoms with Crippen LogP contribution in [0.25, 0.3) is 16.6 Å². The van der Waals surface area contributed by atoms with Crippen molar-refractivity contribution in [3.63, 3.8) is 0 Å². The molecule has 29 heavy (non-hydrogen) atoms. The van der Waals surface area contributed by atoms with Crippen molar-refractivity contribution in [2.75, 3.05) is 0 Å². The molecule has 0 saturated carbocycles. The minimum absolute atomic E-state index is 0.0100. The average Bonchev–Trinajstić information content (AvgIpc) is 3.17. The van der Waals surface area contributed by atoms with Crippen LogP contribution in [0.1, 0.15) is 69.9 Å². The number of fused-ring (bicyclic) bond motifs is 1. The molecule has 0 spiro atoms. The van der Waals surface area contributed by atoms with Gasteiger partial charge < -0.3 is 10.6 Å². The number of allylic oxidation sites excluding steroid dienone is 1. The zero-order valence-corrected chi connectivity index (χ0v) is 17.4. The largest absolute Gasteiger partial charge is 0.370 e. The summed E-state index contributed by atoms with van der Waals surface area (Å²) in [6, 6.07) is 6.64. The molecule has 3 nitrogen and oxygen atoms in total. The molecular weight excluding hydrogens is 368 g/mol. The van der Waals surface area contributed by atoms with Crippen LogP contribution in [0.15, 0.2) is 48.8 Å². The highest BCUT2D eigenvalue weighted by Gasteiger charge is 2.24. The molecule has 0 bridgehead atoms. The molecule has 2 aromatic rings. The van der Waals surface area contributed by atoms with Gasteiger partial charge in [-0.1, -0.05) is 44.1 Å². The van der Waals surface area contributed by atoms with E-state index in [4.69, 9.17) is 0 Å². The normalized spacial score (nSPS) is 16.4. The van der Waals surface area contributed by atoms with E-state index < -0.39 is 5.92 Å². The lowest BCUT2D eigenvalue weighted by molar-refractivity contribution is 0.0176. The molecule has 156 valence electrons. The van der Waals surface area contributed by atoms with Crippen LogP contribution in [-0.2, 0) is 5.92 Å². The predicted molar refractivity (Wildman–Crippen MR) is 116 cm³/mol. The van der Waals surface area contributed by atoms with E-state index in [0.29, 0.717) is 5.52 Å². The van der Waals surface area contributed by atoms with Gasteiger partial charge in [0, 0.05) is 35.8 Å². The standard InChI is InChI=1S/C24H31F2N3/c1-4-17(2)9-7-5-6-8-10-23-28-16-22(29-23)19-13-18-11-12-20(24(3,25)26)14-21(18)27-15-19/h11-16,23,28-29H,2,4-10H2,1,3H3. The maximum Gasteiger partial charge on any atom is 0.270 e. The zero-order chi connectivity index (χ0) is 20.9. The molecule has 1 unspecified atom stereocenters. The van der Waals surface area contributed by atoms with Crippen LogP contribution in [0.3, 0.4) is 0 Å². The van der Waals surface area contributed by atoms with Gasteiger partial charge in [0.2, 0.25) is 0 Å². The molecule has 0 radical (unpaired) electrons. The summed E-state index contributed by atoms with van der Waals surface area (Å²) in [6.07, 6.45) is 12.1. The molecule has 2 N–H and O–H groups in total.